The summed E-state index contributed by atoms with van der Waals surface area (Å²) in [6.07, 6.45) is 14.0. The first-order valence-corrected chi connectivity index (χ1v) is 11.1. The van der Waals surface area contributed by atoms with Gasteiger partial charge in [0.2, 0.25) is 0 Å². The van der Waals surface area contributed by atoms with E-state index in [1.807, 2.05) is 0 Å². The van der Waals surface area contributed by atoms with Crippen LogP contribution < -0.4 is 5.32 Å². The zero-order valence-corrected chi connectivity index (χ0v) is 16.6. The van der Waals surface area contributed by atoms with E-state index in [4.69, 9.17) is 0 Å². The Bertz CT molecular complexity index is 751. The molecular weight excluding hydrogens is 332 g/mol. The number of carbonyl (C=O) groups is 1. The van der Waals surface area contributed by atoms with Gasteiger partial charge in [0.15, 0.2) is 0 Å². The van der Waals surface area contributed by atoms with Crippen LogP contribution in [0.25, 0.3) is 10.9 Å². The van der Waals surface area contributed by atoms with Crippen molar-refractivity contribution in [2.75, 3.05) is 13.1 Å². The van der Waals surface area contributed by atoms with Crippen molar-refractivity contribution < 1.29 is 4.79 Å². The third kappa shape index (κ3) is 4.82. The molecule has 4 rings (SSSR count). The number of aryl methyl sites for hydroxylation is 1. The van der Waals surface area contributed by atoms with E-state index in [2.05, 4.69) is 40.3 Å². The minimum atomic E-state index is 0.450. The van der Waals surface area contributed by atoms with E-state index >= 15 is 0 Å². The highest BCUT2D eigenvalue weighted by atomic mass is 16.1. The van der Waals surface area contributed by atoms with Gasteiger partial charge in [0.1, 0.15) is 5.78 Å². The predicted molar refractivity (Wildman–Crippen MR) is 112 cm³/mol. The first-order chi connectivity index (χ1) is 13.3. The first kappa shape index (κ1) is 18.7. The summed E-state index contributed by atoms with van der Waals surface area (Å²) in [5.41, 5.74) is 2.71. The molecule has 0 radical (unpaired) electrons. The number of carbonyl (C=O) groups excluding carboxylic acids is 1. The van der Waals surface area contributed by atoms with Crippen molar-refractivity contribution in [3.05, 3.63) is 36.0 Å². The molecule has 2 heterocycles. The molecule has 27 heavy (non-hydrogen) atoms. The van der Waals surface area contributed by atoms with Crippen LogP contribution in [0.4, 0.5) is 0 Å². The SMILES string of the molecule is O=C(CCc1cn(CC2CCCCC2)c2ccccc12)CC1CCNCC1. The summed E-state index contributed by atoms with van der Waals surface area (Å²) in [5.74, 6) is 1.88. The third-order valence-corrected chi connectivity index (χ3v) is 6.70. The molecule has 2 fully saturated rings. The molecule has 1 aromatic carbocycles. The zero-order chi connectivity index (χ0) is 18.5. The monoisotopic (exact) mass is 366 g/mol. The fraction of sp³-hybridized carbons (Fsp3) is 0.625. The minimum Gasteiger partial charge on any atom is -0.347 e. The van der Waals surface area contributed by atoms with Gasteiger partial charge in [-0.1, -0.05) is 37.5 Å². The largest absolute Gasteiger partial charge is 0.347 e. The van der Waals surface area contributed by atoms with Gasteiger partial charge < -0.3 is 9.88 Å². The highest BCUT2D eigenvalue weighted by Crippen LogP contribution is 2.29. The molecule has 1 saturated heterocycles. The van der Waals surface area contributed by atoms with Gasteiger partial charge in [-0.25, -0.2) is 0 Å². The summed E-state index contributed by atoms with van der Waals surface area (Å²) in [7, 11) is 0. The van der Waals surface area contributed by atoms with E-state index in [0.717, 1.165) is 51.2 Å². The molecule has 146 valence electrons. The maximum atomic E-state index is 12.5. The number of Topliss-reactive ketones (excluding diaryl/α,β-unsaturated/α-hetero) is 1. The van der Waals surface area contributed by atoms with Crippen LogP contribution in [0.3, 0.4) is 0 Å². The number of hydrogen-bond donors (Lipinski definition) is 1. The van der Waals surface area contributed by atoms with E-state index in [1.54, 1.807) is 0 Å². The Hall–Kier alpha value is -1.61. The molecule has 2 aromatic rings. The molecule has 0 unspecified atom stereocenters. The summed E-state index contributed by atoms with van der Waals surface area (Å²) >= 11 is 0. The van der Waals surface area contributed by atoms with Crippen LogP contribution in [-0.2, 0) is 17.8 Å². The van der Waals surface area contributed by atoms with Gasteiger partial charge in [-0.15, -0.1) is 0 Å². The average molecular weight is 367 g/mol. The molecule has 1 aromatic heterocycles. The Morgan fingerprint density at radius 3 is 2.59 bits per heavy atom. The Morgan fingerprint density at radius 1 is 1.00 bits per heavy atom. The molecular formula is C24H34N2O. The van der Waals surface area contributed by atoms with Gasteiger partial charge in [0.25, 0.3) is 0 Å². The van der Waals surface area contributed by atoms with Crippen molar-refractivity contribution >= 4 is 16.7 Å². The predicted octanol–water partition coefficient (Wildman–Crippen LogP) is 5.11. The topological polar surface area (TPSA) is 34.0 Å². The standard InChI is InChI=1S/C24H34N2O/c27-22(16-19-12-14-25-15-13-19)11-10-21-18-26(17-20-6-2-1-3-7-20)24-9-5-4-8-23(21)24/h4-5,8-9,18-20,25H,1-3,6-7,10-17H2. The summed E-state index contributed by atoms with van der Waals surface area (Å²) in [4.78, 5) is 12.5. The minimum absolute atomic E-state index is 0.450. The summed E-state index contributed by atoms with van der Waals surface area (Å²) in [6, 6.07) is 8.76. The number of rotatable bonds is 7. The van der Waals surface area contributed by atoms with E-state index in [1.165, 1.54) is 48.6 Å². The molecule has 1 N–H and O–H groups in total. The van der Waals surface area contributed by atoms with E-state index in [0.29, 0.717) is 18.1 Å². The quantitative estimate of drug-likeness (QED) is 0.738. The maximum Gasteiger partial charge on any atom is 0.133 e. The van der Waals surface area contributed by atoms with E-state index < -0.39 is 0 Å². The molecule has 3 nitrogen and oxygen atoms in total. The fourth-order valence-corrected chi connectivity index (χ4v) is 5.10. The fourth-order valence-electron chi connectivity index (χ4n) is 5.10. The van der Waals surface area contributed by atoms with E-state index in [9.17, 15) is 4.79 Å². The lowest BCUT2D eigenvalue weighted by Crippen LogP contribution is -2.28. The average Bonchev–Trinajstić information content (AvgIpc) is 3.06. The van der Waals surface area contributed by atoms with Gasteiger partial charge in [-0.3, -0.25) is 4.79 Å². The smallest absolute Gasteiger partial charge is 0.133 e. The van der Waals surface area contributed by atoms with Crippen molar-refractivity contribution in [3.63, 3.8) is 0 Å². The van der Waals surface area contributed by atoms with Crippen molar-refractivity contribution in [1.29, 1.82) is 0 Å². The molecule has 1 aliphatic heterocycles. The lowest BCUT2D eigenvalue weighted by atomic mass is 9.89. The van der Waals surface area contributed by atoms with Crippen molar-refractivity contribution in [1.82, 2.24) is 9.88 Å². The molecule has 0 bridgehead atoms. The second-order valence-electron chi connectivity index (χ2n) is 8.76. The highest BCUT2D eigenvalue weighted by Gasteiger charge is 2.19. The van der Waals surface area contributed by atoms with Gasteiger partial charge in [-0.05, 0) is 68.7 Å². The molecule has 0 amide bonds. The van der Waals surface area contributed by atoms with Crippen LogP contribution in [0.2, 0.25) is 0 Å². The van der Waals surface area contributed by atoms with Crippen LogP contribution in [0.5, 0.6) is 0 Å². The lowest BCUT2D eigenvalue weighted by Gasteiger charge is -2.22. The maximum absolute atomic E-state index is 12.5. The summed E-state index contributed by atoms with van der Waals surface area (Å²) in [5, 5.41) is 4.74. The van der Waals surface area contributed by atoms with Crippen molar-refractivity contribution in [2.24, 2.45) is 11.8 Å². The number of hydrogen-bond acceptors (Lipinski definition) is 2. The van der Waals surface area contributed by atoms with Gasteiger partial charge in [0.05, 0.1) is 0 Å². The normalized spacial score (nSPS) is 19.6. The number of fused-ring (bicyclic) bond motifs is 1. The lowest BCUT2D eigenvalue weighted by molar-refractivity contribution is -0.120. The Morgan fingerprint density at radius 2 is 1.78 bits per heavy atom. The second-order valence-corrected chi connectivity index (χ2v) is 8.76. The van der Waals surface area contributed by atoms with Crippen LogP contribution in [0.1, 0.15) is 63.4 Å². The van der Waals surface area contributed by atoms with Crippen LogP contribution in [-0.4, -0.2) is 23.4 Å². The number of nitrogens with one attached hydrogen (secondary N) is 1. The van der Waals surface area contributed by atoms with Gasteiger partial charge in [-0.2, -0.15) is 0 Å². The number of benzene rings is 1. The second kappa shape index (κ2) is 9.05. The van der Waals surface area contributed by atoms with Crippen molar-refractivity contribution in [2.45, 2.75) is 70.8 Å². The Balaban J connectivity index is 1.41. The van der Waals surface area contributed by atoms with Crippen LogP contribution >= 0.6 is 0 Å². The summed E-state index contributed by atoms with van der Waals surface area (Å²) < 4.78 is 2.47. The first-order valence-electron chi connectivity index (χ1n) is 11.1. The molecule has 0 spiro atoms. The number of nitrogens with zero attached hydrogens (tertiary/aromatic N) is 1. The van der Waals surface area contributed by atoms with Crippen LogP contribution in [0.15, 0.2) is 30.5 Å². The highest BCUT2D eigenvalue weighted by molar-refractivity contribution is 5.85. The van der Waals surface area contributed by atoms with Crippen LogP contribution in [0, 0.1) is 11.8 Å². The van der Waals surface area contributed by atoms with Gasteiger partial charge >= 0.3 is 0 Å². The number of piperidine rings is 1. The molecule has 2 aliphatic rings. The van der Waals surface area contributed by atoms with Gasteiger partial charge in [0, 0.05) is 36.5 Å². The third-order valence-electron chi connectivity index (χ3n) is 6.70. The molecule has 1 saturated carbocycles. The zero-order valence-electron chi connectivity index (χ0n) is 16.6. The number of ketones is 1. The summed E-state index contributed by atoms with van der Waals surface area (Å²) in [6.45, 7) is 3.29. The van der Waals surface area contributed by atoms with E-state index in [-0.39, 0.29) is 0 Å². The molecule has 3 heteroatoms. The number of para-hydroxylation sites is 1. The molecule has 0 atom stereocenters. The van der Waals surface area contributed by atoms with Crippen molar-refractivity contribution in [3.8, 4) is 0 Å². The number of aromatic nitrogens is 1. The molecule has 1 aliphatic carbocycles. The Kier molecular flexibility index (Phi) is 6.28. The Labute approximate surface area is 163 Å².